The summed E-state index contributed by atoms with van der Waals surface area (Å²) in [4.78, 5) is 11.1. The molecule has 0 bridgehead atoms. The Hall–Kier alpha value is -0.990. The van der Waals surface area contributed by atoms with Crippen LogP contribution in [0.1, 0.15) is 26.2 Å². The summed E-state index contributed by atoms with van der Waals surface area (Å²) in [5, 5.41) is 5.64. The zero-order valence-corrected chi connectivity index (χ0v) is 7.47. The molecule has 2 amide bonds. The average molecular weight is 168 g/mol. The van der Waals surface area contributed by atoms with Gasteiger partial charge in [-0.2, -0.15) is 0 Å². The lowest BCUT2D eigenvalue weighted by Crippen LogP contribution is -2.42. The first-order valence-corrected chi connectivity index (χ1v) is 4.52. The van der Waals surface area contributed by atoms with Crippen LogP contribution in [0.2, 0.25) is 0 Å². The van der Waals surface area contributed by atoms with Crippen molar-refractivity contribution in [3.63, 3.8) is 0 Å². The molecule has 68 valence electrons. The quantitative estimate of drug-likeness (QED) is 0.601. The van der Waals surface area contributed by atoms with Crippen molar-refractivity contribution < 1.29 is 4.79 Å². The maximum atomic E-state index is 11.1. The molecular weight excluding hydrogens is 152 g/mol. The Morgan fingerprint density at radius 2 is 2.42 bits per heavy atom. The van der Waals surface area contributed by atoms with Crippen LogP contribution in [0.3, 0.4) is 0 Å². The van der Waals surface area contributed by atoms with E-state index in [4.69, 9.17) is 0 Å². The highest BCUT2D eigenvalue weighted by Gasteiger charge is 2.11. The van der Waals surface area contributed by atoms with Crippen LogP contribution in [0.15, 0.2) is 12.2 Å². The van der Waals surface area contributed by atoms with E-state index in [9.17, 15) is 4.79 Å². The molecule has 1 atom stereocenters. The van der Waals surface area contributed by atoms with E-state index in [2.05, 4.69) is 22.8 Å². The fourth-order valence-electron chi connectivity index (χ4n) is 1.32. The van der Waals surface area contributed by atoms with Gasteiger partial charge in [-0.15, -0.1) is 0 Å². The molecule has 3 heteroatoms. The van der Waals surface area contributed by atoms with Gasteiger partial charge in [0.2, 0.25) is 0 Å². The van der Waals surface area contributed by atoms with Crippen LogP contribution in [-0.2, 0) is 0 Å². The Bertz CT molecular complexity index is 177. The first-order chi connectivity index (χ1) is 5.83. The number of carbonyl (C=O) groups is 1. The minimum Gasteiger partial charge on any atom is -0.338 e. The molecule has 0 spiro atoms. The summed E-state index contributed by atoms with van der Waals surface area (Å²) in [5.41, 5.74) is 0. The van der Waals surface area contributed by atoms with Gasteiger partial charge in [0.25, 0.3) is 0 Å². The van der Waals surface area contributed by atoms with Gasteiger partial charge >= 0.3 is 6.03 Å². The summed E-state index contributed by atoms with van der Waals surface area (Å²) in [7, 11) is 0. The third-order valence-corrected chi connectivity index (χ3v) is 1.94. The van der Waals surface area contributed by atoms with Gasteiger partial charge in [-0.1, -0.05) is 12.2 Å². The Labute approximate surface area is 73.2 Å². The zero-order valence-electron chi connectivity index (χ0n) is 7.47. The molecule has 2 N–H and O–H groups in total. The smallest absolute Gasteiger partial charge is 0.315 e. The molecule has 0 heterocycles. The van der Waals surface area contributed by atoms with E-state index in [-0.39, 0.29) is 6.03 Å². The van der Waals surface area contributed by atoms with E-state index in [1.807, 2.05) is 6.92 Å². The summed E-state index contributed by atoms with van der Waals surface area (Å²) in [5.74, 6) is 0. The molecule has 0 aromatic carbocycles. The van der Waals surface area contributed by atoms with E-state index in [0.717, 1.165) is 19.3 Å². The van der Waals surface area contributed by atoms with Crippen molar-refractivity contribution >= 4 is 6.03 Å². The van der Waals surface area contributed by atoms with Crippen molar-refractivity contribution in [1.29, 1.82) is 0 Å². The molecule has 12 heavy (non-hydrogen) atoms. The molecule has 1 unspecified atom stereocenters. The summed E-state index contributed by atoms with van der Waals surface area (Å²) < 4.78 is 0. The van der Waals surface area contributed by atoms with Crippen LogP contribution in [0.4, 0.5) is 4.79 Å². The second-order valence-electron chi connectivity index (χ2n) is 2.99. The van der Waals surface area contributed by atoms with Gasteiger partial charge in [0, 0.05) is 12.6 Å². The first-order valence-electron chi connectivity index (χ1n) is 4.52. The van der Waals surface area contributed by atoms with Gasteiger partial charge in [-0.05, 0) is 26.2 Å². The van der Waals surface area contributed by atoms with Crippen molar-refractivity contribution in [2.75, 3.05) is 6.54 Å². The number of hydrogen-bond acceptors (Lipinski definition) is 1. The Balaban J connectivity index is 2.21. The van der Waals surface area contributed by atoms with Gasteiger partial charge in [0.15, 0.2) is 0 Å². The number of carbonyl (C=O) groups excluding carboxylic acids is 1. The highest BCUT2D eigenvalue weighted by atomic mass is 16.2. The van der Waals surface area contributed by atoms with Crippen molar-refractivity contribution in [3.8, 4) is 0 Å². The topological polar surface area (TPSA) is 41.1 Å². The van der Waals surface area contributed by atoms with Crippen LogP contribution < -0.4 is 10.6 Å². The SMILES string of the molecule is CCNC(=O)NC1CC=CCC1. The molecule has 0 aromatic rings. The monoisotopic (exact) mass is 168 g/mol. The van der Waals surface area contributed by atoms with Crippen LogP contribution in [0.25, 0.3) is 0 Å². The second kappa shape index (κ2) is 4.80. The van der Waals surface area contributed by atoms with Gasteiger partial charge in [-0.3, -0.25) is 0 Å². The molecule has 0 fully saturated rings. The minimum absolute atomic E-state index is 0.0437. The molecule has 0 saturated heterocycles. The summed E-state index contributed by atoms with van der Waals surface area (Å²) in [6.07, 6.45) is 7.40. The minimum atomic E-state index is -0.0437. The lowest BCUT2D eigenvalue weighted by Gasteiger charge is -2.19. The normalized spacial score (nSPS) is 21.9. The van der Waals surface area contributed by atoms with E-state index in [1.54, 1.807) is 0 Å². The van der Waals surface area contributed by atoms with E-state index in [0.29, 0.717) is 12.6 Å². The third kappa shape index (κ3) is 2.95. The summed E-state index contributed by atoms with van der Waals surface area (Å²) in [6.45, 7) is 2.61. The Kier molecular flexibility index (Phi) is 3.64. The van der Waals surface area contributed by atoms with Crippen molar-refractivity contribution in [2.45, 2.75) is 32.2 Å². The van der Waals surface area contributed by atoms with Crippen molar-refractivity contribution in [3.05, 3.63) is 12.2 Å². The predicted octanol–water partition coefficient (Wildman–Crippen LogP) is 1.41. The lowest BCUT2D eigenvalue weighted by atomic mass is 10.0. The van der Waals surface area contributed by atoms with Gasteiger partial charge in [0.1, 0.15) is 0 Å². The molecular formula is C9H16N2O. The number of rotatable bonds is 2. The number of amides is 2. The second-order valence-corrected chi connectivity index (χ2v) is 2.99. The molecule has 1 aliphatic rings. The van der Waals surface area contributed by atoms with E-state index in [1.165, 1.54) is 0 Å². The zero-order chi connectivity index (χ0) is 8.81. The highest BCUT2D eigenvalue weighted by molar-refractivity contribution is 5.74. The molecule has 0 saturated carbocycles. The molecule has 3 nitrogen and oxygen atoms in total. The molecule has 1 aliphatic carbocycles. The van der Waals surface area contributed by atoms with E-state index < -0.39 is 0 Å². The Morgan fingerprint density at radius 3 is 3.00 bits per heavy atom. The fraction of sp³-hybridized carbons (Fsp3) is 0.667. The maximum absolute atomic E-state index is 11.1. The highest BCUT2D eigenvalue weighted by Crippen LogP contribution is 2.09. The first kappa shape index (κ1) is 9.10. The number of urea groups is 1. The molecule has 0 aromatic heterocycles. The lowest BCUT2D eigenvalue weighted by molar-refractivity contribution is 0.236. The summed E-state index contributed by atoms with van der Waals surface area (Å²) in [6, 6.07) is 0.291. The van der Waals surface area contributed by atoms with Crippen molar-refractivity contribution in [1.82, 2.24) is 10.6 Å². The summed E-state index contributed by atoms with van der Waals surface area (Å²) >= 11 is 0. The largest absolute Gasteiger partial charge is 0.338 e. The number of nitrogens with one attached hydrogen (secondary N) is 2. The van der Waals surface area contributed by atoms with Crippen molar-refractivity contribution in [2.24, 2.45) is 0 Å². The molecule has 1 rings (SSSR count). The fourth-order valence-corrected chi connectivity index (χ4v) is 1.32. The van der Waals surface area contributed by atoms with Gasteiger partial charge in [0.05, 0.1) is 0 Å². The number of hydrogen-bond donors (Lipinski definition) is 2. The van der Waals surface area contributed by atoms with Crippen LogP contribution in [0.5, 0.6) is 0 Å². The van der Waals surface area contributed by atoms with Crippen LogP contribution >= 0.6 is 0 Å². The molecule has 0 radical (unpaired) electrons. The Morgan fingerprint density at radius 1 is 1.58 bits per heavy atom. The predicted molar refractivity (Wildman–Crippen MR) is 49.0 cm³/mol. The van der Waals surface area contributed by atoms with Gasteiger partial charge in [-0.25, -0.2) is 4.79 Å². The maximum Gasteiger partial charge on any atom is 0.315 e. The van der Waals surface area contributed by atoms with Crippen LogP contribution in [0, 0.1) is 0 Å². The average Bonchev–Trinajstić information content (AvgIpc) is 2.06. The number of allylic oxidation sites excluding steroid dienone is 1. The van der Waals surface area contributed by atoms with Crippen LogP contribution in [-0.4, -0.2) is 18.6 Å². The van der Waals surface area contributed by atoms with Gasteiger partial charge < -0.3 is 10.6 Å². The molecule has 0 aliphatic heterocycles. The standard InChI is InChI=1S/C9H16N2O/c1-2-10-9(12)11-8-6-4-3-5-7-8/h3-4,8H,2,5-7H2,1H3,(H2,10,11,12). The third-order valence-electron chi connectivity index (χ3n) is 1.94. The van der Waals surface area contributed by atoms with E-state index >= 15 is 0 Å².